The summed E-state index contributed by atoms with van der Waals surface area (Å²) < 4.78 is 7.53. The number of rotatable bonds is 9. The Morgan fingerprint density at radius 3 is 2.84 bits per heavy atom. The maximum atomic E-state index is 11.0. The number of nitrogens with zero attached hydrogens (tertiary/aromatic N) is 4. The molecule has 1 aliphatic heterocycles. The van der Waals surface area contributed by atoms with Gasteiger partial charge in [0.1, 0.15) is 18.5 Å². The molecule has 4 rings (SSSR count). The van der Waals surface area contributed by atoms with E-state index in [0.29, 0.717) is 29.8 Å². The lowest BCUT2D eigenvalue weighted by atomic mass is 9.99. The highest BCUT2D eigenvalue weighted by atomic mass is 32.1. The molecule has 0 radical (unpaired) electrons. The lowest BCUT2D eigenvalue weighted by Crippen LogP contribution is -2.33. The Hall–Kier alpha value is -2.60. The van der Waals surface area contributed by atoms with Crippen molar-refractivity contribution in [3.63, 3.8) is 0 Å². The minimum atomic E-state index is -1.16. The molecule has 172 valence electrons. The molecule has 0 spiro atoms. The zero-order valence-corrected chi connectivity index (χ0v) is 18.8. The number of anilines is 1. The number of aliphatic hydroxyl groups excluding tert-OH is 2. The zero-order chi connectivity index (χ0) is 22.9. The molecular formula is C21H28N6O4S. The molecule has 1 aliphatic rings. The van der Waals surface area contributed by atoms with E-state index in [0.717, 1.165) is 6.42 Å². The van der Waals surface area contributed by atoms with Gasteiger partial charge in [-0.05, 0) is 38.1 Å². The number of carbonyl (C=O) groups is 1. The van der Waals surface area contributed by atoms with Crippen LogP contribution in [-0.2, 0) is 16.0 Å². The highest BCUT2D eigenvalue weighted by Gasteiger charge is 2.44. The maximum absolute atomic E-state index is 11.0. The van der Waals surface area contributed by atoms with Crippen molar-refractivity contribution in [2.24, 2.45) is 5.73 Å². The van der Waals surface area contributed by atoms with Gasteiger partial charge in [-0.1, -0.05) is 6.07 Å². The highest BCUT2D eigenvalue weighted by molar-refractivity contribution is 7.09. The zero-order valence-electron chi connectivity index (χ0n) is 18.0. The van der Waals surface area contributed by atoms with Gasteiger partial charge >= 0.3 is 0 Å². The molecule has 10 nitrogen and oxygen atoms in total. The van der Waals surface area contributed by atoms with E-state index in [4.69, 9.17) is 10.5 Å². The Bertz CT molecular complexity index is 1070. The molecule has 4 heterocycles. The molecule has 2 unspecified atom stereocenters. The number of thiophene rings is 1. The van der Waals surface area contributed by atoms with Crippen LogP contribution in [0.25, 0.3) is 11.2 Å². The van der Waals surface area contributed by atoms with E-state index in [1.165, 1.54) is 17.5 Å². The van der Waals surface area contributed by atoms with Gasteiger partial charge in [0, 0.05) is 23.3 Å². The van der Waals surface area contributed by atoms with Crippen LogP contribution in [0.4, 0.5) is 5.82 Å². The van der Waals surface area contributed by atoms with Crippen LogP contribution in [0.5, 0.6) is 0 Å². The third kappa shape index (κ3) is 4.75. The molecular weight excluding hydrogens is 432 g/mol. The highest BCUT2D eigenvalue weighted by Crippen LogP contribution is 2.34. The van der Waals surface area contributed by atoms with Gasteiger partial charge in [0.25, 0.3) is 0 Å². The smallest absolute Gasteiger partial charge is 0.217 e. The summed E-state index contributed by atoms with van der Waals surface area (Å²) in [6.07, 6.45) is 1.15. The van der Waals surface area contributed by atoms with Gasteiger partial charge in [-0.25, -0.2) is 15.0 Å². The summed E-state index contributed by atoms with van der Waals surface area (Å²) in [4.78, 5) is 25.4. The molecule has 1 fully saturated rings. The summed E-state index contributed by atoms with van der Waals surface area (Å²) in [6.45, 7) is 4.18. The molecule has 3 aromatic heterocycles. The fourth-order valence-electron chi connectivity index (χ4n) is 4.02. The van der Waals surface area contributed by atoms with Gasteiger partial charge in [0.2, 0.25) is 5.91 Å². The molecule has 0 aliphatic carbocycles. The van der Waals surface area contributed by atoms with E-state index in [2.05, 4.69) is 45.6 Å². The van der Waals surface area contributed by atoms with Crippen LogP contribution in [0.15, 0.2) is 30.2 Å². The van der Waals surface area contributed by atoms with Crippen LogP contribution in [0.1, 0.15) is 44.2 Å². The molecule has 1 saturated heterocycles. The fourth-order valence-corrected chi connectivity index (χ4v) is 4.95. The van der Waals surface area contributed by atoms with Crippen molar-refractivity contribution in [3.8, 4) is 0 Å². The topological polar surface area (TPSA) is 148 Å². The summed E-state index contributed by atoms with van der Waals surface area (Å²) in [5.74, 6) is 0.176. The summed E-state index contributed by atoms with van der Waals surface area (Å²) in [5.41, 5.74) is 5.94. The van der Waals surface area contributed by atoms with E-state index in [-0.39, 0.29) is 12.0 Å². The largest absolute Gasteiger partial charge is 0.388 e. The Kier molecular flexibility index (Phi) is 6.42. The number of amides is 1. The molecule has 32 heavy (non-hydrogen) atoms. The lowest BCUT2D eigenvalue weighted by Gasteiger charge is -2.26. The van der Waals surface area contributed by atoms with Gasteiger partial charge in [0.15, 0.2) is 23.2 Å². The van der Waals surface area contributed by atoms with Crippen molar-refractivity contribution in [1.82, 2.24) is 19.5 Å². The molecule has 3 aromatic rings. The van der Waals surface area contributed by atoms with Crippen molar-refractivity contribution in [1.29, 1.82) is 0 Å². The van der Waals surface area contributed by atoms with Crippen LogP contribution >= 0.6 is 11.3 Å². The molecule has 11 heteroatoms. The predicted molar refractivity (Wildman–Crippen MR) is 120 cm³/mol. The number of primary amides is 1. The Labute approximate surface area is 189 Å². The normalized spacial score (nSPS) is 23.6. The maximum Gasteiger partial charge on any atom is 0.217 e. The van der Waals surface area contributed by atoms with Crippen molar-refractivity contribution >= 4 is 34.2 Å². The van der Waals surface area contributed by atoms with E-state index in [1.54, 1.807) is 15.9 Å². The Balaban J connectivity index is 1.53. The van der Waals surface area contributed by atoms with Crippen molar-refractivity contribution in [3.05, 3.63) is 35.0 Å². The van der Waals surface area contributed by atoms with Gasteiger partial charge in [-0.2, -0.15) is 0 Å². The van der Waals surface area contributed by atoms with Crippen molar-refractivity contribution < 1.29 is 19.7 Å². The van der Waals surface area contributed by atoms with Gasteiger partial charge in [-0.3, -0.25) is 9.36 Å². The second kappa shape index (κ2) is 9.10. The van der Waals surface area contributed by atoms with E-state index < -0.39 is 30.4 Å². The first kappa shape index (κ1) is 22.6. The minimum absolute atomic E-state index is 0.199. The number of ether oxygens (including phenoxy) is 1. The number of hydrogen-bond acceptors (Lipinski definition) is 9. The van der Waals surface area contributed by atoms with Crippen LogP contribution < -0.4 is 11.1 Å². The first-order valence-corrected chi connectivity index (χ1v) is 11.4. The fraction of sp³-hybridized carbons (Fsp3) is 0.524. The summed E-state index contributed by atoms with van der Waals surface area (Å²) in [6, 6.07) is 4.13. The summed E-state index contributed by atoms with van der Waals surface area (Å²) >= 11 is 1.71. The van der Waals surface area contributed by atoms with E-state index >= 15 is 0 Å². The monoisotopic (exact) mass is 460 g/mol. The minimum Gasteiger partial charge on any atom is -0.388 e. The van der Waals surface area contributed by atoms with Crippen LogP contribution in [0.2, 0.25) is 0 Å². The van der Waals surface area contributed by atoms with E-state index in [1.807, 2.05) is 6.07 Å². The molecule has 0 aromatic carbocycles. The van der Waals surface area contributed by atoms with Crippen molar-refractivity contribution in [2.75, 3.05) is 5.32 Å². The number of nitrogens with one attached hydrogen (secondary N) is 1. The number of aromatic nitrogens is 4. The summed E-state index contributed by atoms with van der Waals surface area (Å²) in [7, 11) is 0. The number of nitrogens with two attached hydrogens (primary N) is 1. The number of aliphatic hydroxyl groups is 2. The van der Waals surface area contributed by atoms with Crippen LogP contribution in [-0.4, -0.2) is 59.5 Å². The first-order valence-electron chi connectivity index (χ1n) is 10.5. The Morgan fingerprint density at radius 1 is 1.31 bits per heavy atom. The molecule has 0 saturated carbocycles. The number of hydrogen-bond donors (Lipinski definition) is 4. The molecule has 5 N–H and O–H groups in total. The number of fused-ring (bicyclic) bond motifs is 1. The number of carbonyl (C=O) groups excluding carboxylic acids is 1. The molecule has 0 bridgehead atoms. The van der Waals surface area contributed by atoms with Crippen molar-refractivity contribution in [2.45, 2.75) is 69.6 Å². The average molecular weight is 461 g/mol. The van der Waals surface area contributed by atoms with Crippen LogP contribution in [0, 0.1) is 0 Å². The average Bonchev–Trinajstić information content (AvgIpc) is 3.44. The number of imidazole rings is 1. The molecule has 1 amide bonds. The first-order chi connectivity index (χ1) is 15.2. The van der Waals surface area contributed by atoms with E-state index in [9.17, 15) is 15.0 Å². The van der Waals surface area contributed by atoms with Gasteiger partial charge in [-0.15, -0.1) is 11.3 Å². The quantitative estimate of drug-likeness (QED) is 0.376. The standard InChI is InChI=1S/C21H28N6O4S/c1-21(2,9-12-5-4-8-32-12)26-18-15-19(24-10-23-18)27(11-25-15)20-17(30)16(29)13(31-20)6-3-7-14(22)28/h4-5,8,10-11,13,16-17,20,29-30H,3,6-7,9H2,1-2H3,(H2,22,28)(H,23,24,26)/t13-,16?,17?,20-/m1/s1. The van der Waals surface area contributed by atoms with Gasteiger partial charge < -0.3 is 26.0 Å². The second-order valence-corrected chi connectivity index (χ2v) is 9.75. The Morgan fingerprint density at radius 2 is 2.12 bits per heavy atom. The predicted octanol–water partition coefficient (Wildman–Crippen LogP) is 1.60. The third-order valence-electron chi connectivity index (χ3n) is 5.54. The second-order valence-electron chi connectivity index (χ2n) is 8.72. The lowest BCUT2D eigenvalue weighted by molar-refractivity contribution is -0.118. The summed E-state index contributed by atoms with van der Waals surface area (Å²) in [5, 5.41) is 26.5. The van der Waals surface area contributed by atoms with Gasteiger partial charge in [0.05, 0.1) is 12.4 Å². The third-order valence-corrected chi connectivity index (χ3v) is 6.41. The SMILES string of the molecule is CC(C)(Cc1cccs1)Nc1ncnc2c1ncn2[C@@H]1O[C@H](CCCC(N)=O)C(O)C1O. The molecule has 4 atom stereocenters. The van der Waals surface area contributed by atoms with Crippen LogP contribution in [0.3, 0.4) is 0 Å².